The molecule has 0 saturated carbocycles. The summed E-state index contributed by atoms with van der Waals surface area (Å²) < 4.78 is 0. The van der Waals surface area contributed by atoms with E-state index in [1.165, 1.54) is 0 Å². The minimum atomic E-state index is 0.578. The molecule has 0 aliphatic rings. The molecule has 1 atom stereocenters. The van der Waals surface area contributed by atoms with E-state index in [4.69, 9.17) is 5.73 Å². The Hall–Kier alpha value is -0.730. The number of rotatable bonds is 5. The lowest BCUT2D eigenvalue weighted by Gasteiger charge is -2.12. The van der Waals surface area contributed by atoms with Crippen molar-refractivity contribution in [2.75, 3.05) is 13.1 Å². The molecule has 0 bridgehead atoms. The average Bonchev–Trinajstić information content (AvgIpc) is 2.10. The second-order valence-corrected chi connectivity index (χ2v) is 3.87. The monoisotopic (exact) mass is 185 g/mol. The molecule has 0 aromatic carbocycles. The number of guanidine groups is 1. The van der Waals surface area contributed by atoms with Gasteiger partial charge in [0.1, 0.15) is 0 Å². The van der Waals surface area contributed by atoms with Gasteiger partial charge in [-0.2, -0.15) is 0 Å². The van der Waals surface area contributed by atoms with Crippen LogP contribution in [0.1, 0.15) is 34.1 Å². The summed E-state index contributed by atoms with van der Waals surface area (Å²) in [5.74, 6) is 1.85. The molecule has 0 spiro atoms. The Morgan fingerprint density at radius 3 is 2.46 bits per heavy atom. The van der Waals surface area contributed by atoms with Crippen molar-refractivity contribution in [1.29, 1.82) is 0 Å². The van der Waals surface area contributed by atoms with Crippen LogP contribution in [0, 0.1) is 11.8 Å². The zero-order chi connectivity index (χ0) is 10.3. The molecule has 3 nitrogen and oxygen atoms in total. The lowest BCUT2D eigenvalue weighted by atomic mass is 9.99. The topological polar surface area (TPSA) is 50.4 Å². The Balaban J connectivity index is 3.69. The second kappa shape index (κ2) is 6.75. The Bertz CT molecular complexity index is 152. The van der Waals surface area contributed by atoms with Crippen LogP contribution >= 0.6 is 0 Å². The van der Waals surface area contributed by atoms with Gasteiger partial charge in [-0.25, -0.2) is 0 Å². The van der Waals surface area contributed by atoms with Crippen molar-refractivity contribution >= 4 is 5.96 Å². The van der Waals surface area contributed by atoms with Gasteiger partial charge in [0, 0.05) is 13.1 Å². The first-order valence-corrected chi connectivity index (χ1v) is 5.11. The Kier molecular flexibility index (Phi) is 6.37. The zero-order valence-electron chi connectivity index (χ0n) is 9.30. The maximum absolute atomic E-state index is 5.65. The molecule has 0 heterocycles. The smallest absolute Gasteiger partial charge is 0.188 e. The van der Waals surface area contributed by atoms with Gasteiger partial charge in [-0.3, -0.25) is 4.99 Å². The van der Waals surface area contributed by atoms with Crippen LogP contribution in [0.15, 0.2) is 4.99 Å². The van der Waals surface area contributed by atoms with Crippen molar-refractivity contribution in [3.63, 3.8) is 0 Å². The van der Waals surface area contributed by atoms with E-state index in [9.17, 15) is 0 Å². The maximum Gasteiger partial charge on any atom is 0.188 e. The van der Waals surface area contributed by atoms with Gasteiger partial charge in [0.25, 0.3) is 0 Å². The molecule has 1 unspecified atom stereocenters. The summed E-state index contributed by atoms with van der Waals surface area (Å²) in [7, 11) is 0. The summed E-state index contributed by atoms with van der Waals surface area (Å²) in [5.41, 5.74) is 5.65. The van der Waals surface area contributed by atoms with Gasteiger partial charge in [-0.1, -0.05) is 27.7 Å². The van der Waals surface area contributed by atoms with Crippen molar-refractivity contribution < 1.29 is 0 Å². The summed E-state index contributed by atoms with van der Waals surface area (Å²) in [4.78, 5) is 4.27. The van der Waals surface area contributed by atoms with E-state index in [0.29, 0.717) is 17.8 Å². The summed E-state index contributed by atoms with van der Waals surface area (Å²) in [5, 5.41) is 3.05. The lowest BCUT2D eigenvalue weighted by molar-refractivity contribution is 0.430. The van der Waals surface area contributed by atoms with Gasteiger partial charge >= 0.3 is 0 Å². The lowest BCUT2D eigenvalue weighted by Crippen LogP contribution is -2.32. The number of nitrogens with two attached hydrogens (primary N) is 1. The summed E-state index contributed by atoms with van der Waals surface area (Å²) in [6.07, 6.45) is 1.08. The van der Waals surface area contributed by atoms with Gasteiger partial charge in [0.05, 0.1) is 0 Å². The van der Waals surface area contributed by atoms with Crippen LogP contribution in [-0.2, 0) is 0 Å². The Morgan fingerprint density at radius 1 is 1.38 bits per heavy atom. The molecule has 0 amide bonds. The van der Waals surface area contributed by atoms with Crippen LogP contribution in [0.4, 0.5) is 0 Å². The largest absolute Gasteiger partial charge is 0.370 e. The summed E-state index contributed by atoms with van der Waals surface area (Å²) >= 11 is 0. The molecule has 0 aliphatic carbocycles. The average molecular weight is 185 g/mol. The van der Waals surface area contributed by atoms with Crippen molar-refractivity contribution in [2.24, 2.45) is 22.6 Å². The molecular weight excluding hydrogens is 162 g/mol. The van der Waals surface area contributed by atoms with Gasteiger partial charge < -0.3 is 11.1 Å². The standard InChI is InChI=1S/C10H23N3/c1-5-6-12-10(11)13-7-9(4)8(2)3/h8-9H,5-7H2,1-4H3,(H3,11,12,13). The summed E-state index contributed by atoms with van der Waals surface area (Å²) in [6.45, 7) is 10.4. The van der Waals surface area contributed by atoms with Crippen LogP contribution in [0.25, 0.3) is 0 Å². The van der Waals surface area contributed by atoms with Crippen LogP contribution in [-0.4, -0.2) is 19.0 Å². The third-order valence-electron chi connectivity index (χ3n) is 2.24. The highest BCUT2D eigenvalue weighted by Crippen LogP contribution is 2.08. The number of aliphatic imine (C=N–C) groups is 1. The molecule has 13 heavy (non-hydrogen) atoms. The van der Waals surface area contributed by atoms with Crippen LogP contribution in [0.3, 0.4) is 0 Å². The van der Waals surface area contributed by atoms with Gasteiger partial charge in [-0.05, 0) is 18.3 Å². The van der Waals surface area contributed by atoms with E-state index in [1.54, 1.807) is 0 Å². The highest BCUT2D eigenvalue weighted by Gasteiger charge is 2.05. The SMILES string of the molecule is CCCNC(N)=NCC(C)C(C)C. The number of nitrogens with one attached hydrogen (secondary N) is 1. The van der Waals surface area contributed by atoms with Crippen LogP contribution in [0.5, 0.6) is 0 Å². The van der Waals surface area contributed by atoms with E-state index in [0.717, 1.165) is 19.5 Å². The molecule has 0 aromatic rings. The van der Waals surface area contributed by atoms with Crippen molar-refractivity contribution in [1.82, 2.24) is 5.32 Å². The molecule has 78 valence electrons. The molecule has 3 N–H and O–H groups in total. The molecule has 0 saturated heterocycles. The fourth-order valence-electron chi connectivity index (χ4n) is 0.762. The fourth-order valence-corrected chi connectivity index (χ4v) is 0.762. The first kappa shape index (κ1) is 12.3. The second-order valence-electron chi connectivity index (χ2n) is 3.87. The Morgan fingerprint density at radius 2 is 2.00 bits per heavy atom. The third-order valence-corrected chi connectivity index (χ3v) is 2.24. The number of nitrogens with zero attached hydrogens (tertiary/aromatic N) is 1. The quantitative estimate of drug-likeness (QED) is 0.505. The minimum absolute atomic E-state index is 0.578. The highest BCUT2D eigenvalue weighted by molar-refractivity contribution is 5.77. The maximum atomic E-state index is 5.65. The summed E-state index contributed by atoms with van der Waals surface area (Å²) in [6, 6.07) is 0. The van der Waals surface area contributed by atoms with Crippen LogP contribution < -0.4 is 11.1 Å². The van der Waals surface area contributed by atoms with E-state index >= 15 is 0 Å². The van der Waals surface area contributed by atoms with E-state index in [2.05, 4.69) is 38.0 Å². The normalized spacial score (nSPS) is 14.7. The van der Waals surface area contributed by atoms with Crippen LogP contribution in [0.2, 0.25) is 0 Å². The molecule has 0 rings (SSSR count). The first-order valence-electron chi connectivity index (χ1n) is 5.11. The molecule has 0 fully saturated rings. The van der Waals surface area contributed by atoms with E-state index in [1.807, 2.05) is 0 Å². The number of hydrogen-bond acceptors (Lipinski definition) is 1. The molecular formula is C10H23N3. The van der Waals surface area contributed by atoms with Crippen molar-refractivity contribution in [3.8, 4) is 0 Å². The number of hydrogen-bond donors (Lipinski definition) is 2. The first-order chi connectivity index (χ1) is 6.07. The Labute approximate surface area is 81.8 Å². The third kappa shape index (κ3) is 6.43. The van der Waals surface area contributed by atoms with E-state index < -0.39 is 0 Å². The molecule has 3 heteroatoms. The van der Waals surface area contributed by atoms with Gasteiger partial charge in [-0.15, -0.1) is 0 Å². The fraction of sp³-hybridized carbons (Fsp3) is 0.900. The predicted molar refractivity (Wildman–Crippen MR) is 58.8 cm³/mol. The van der Waals surface area contributed by atoms with Crippen molar-refractivity contribution in [3.05, 3.63) is 0 Å². The zero-order valence-corrected chi connectivity index (χ0v) is 9.30. The highest BCUT2D eigenvalue weighted by atomic mass is 15.1. The minimum Gasteiger partial charge on any atom is -0.370 e. The predicted octanol–water partition coefficient (Wildman–Crippen LogP) is 1.59. The van der Waals surface area contributed by atoms with Crippen molar-refractivity contribution in [2.45, 2.75) is 34.1 Å². The molecule has 0 radical (unpaired) electrons. The molecule has 0 aliphatic heterocycles. The van der Waals surface area contributed by atoms with Gasteiger partial charge in [0.15, 0.2) is 5.96 Å². The van der Waals surface area contributed by atoms with Gasteiger partial charge in [0.2, 0.25) is 0 Å². The van der Waals surface area contributed by atoms with E-state index in [-0.39, 0.29) is 0 Å². The molecule has 0 aromatic heterocycles.